The summed E-state index contributed by atoms with van der Waals surface area (Å²) < 4.78 is 41.4. The zero-order chi connectivity index (χ0) is 15.5. The number of nitrogens with one attached hydrogen (secondary N) is 1. The molecule has 0 bridgehead atoms. The molecule has 4 nitrogen and oxygen atoms in total. The second kappa shape index (κ2) is 6.69. The predicted octanol–water partition coefficient (Wildman–Crippen LogP) is 3.87. The molecule has 2 rings (SSSR count). The Bertz CT molecular complexity index is 577. The first-order chi connectivity index (χ1) is 9.84. The monoisotopic (exact) mass is 336 g/mol. The lowest BCUT2D eigenvalue weighted by molar-refractivity contribution is -0.140. The van der Waals surface area contributed by atoms with Gasteiger partial charge in [-0.2, -0.15) is 17.5 Å². The Labute approximate surface area is 128 Å². The van der Waals surface area contributed by atoms with Crippen LogP contribution in [0, 0.1) is 5.92 Å². The van der Waals surface area contributed by atoms with Crippen molar-refractivity contribution in [3.63, 3.8) is 0 Å². The fraction of sp³-hybridized carbons (Fsp3) is 0.583. The summed E-state index contributed by atoms with van der Waals surface area (Å²) >= 11 is 2.29. The Morgan fingerprint density at radius 1 is 1.29 bits per heavy atom. The van der Waals surface area contributed by atoms with E-state index < -0.39 is 11.9 Å². The molecule has 0 saturated heterocycles. The minimum absolute atomic E-state index is 0.430. The molecule has 0 aliphatic heterocycles. The molecule has 116 valence electrons. The lowest BCUT2D eigenvalue weighted by Crippen LogP contribution is -2.07. The highest BCUT2D eigenvalue weighted by molar-refractivity contribution is 7.10. The van der Waals surface area contributed by atoms with Gasteiger partial charge in [0.25, 0.3) is 0 Å². The summed E-state index contributed by atoms with van der Waals surface area (Å²) in [5.74, 6) is 1.29. The maximum absolute atomic E-state index is 12.4. The Hall–Kier alpha value is -1.22. The maximum Gasteiger partial charge on any atom is 0.434 e. The number of rotatable bonds is 6. The third-order valence-corrected chi connectivity index (χ3v) is 4.14. The molecule has 0 aliphatic carbocycles. The summed E-state index contributed by atoms with van der Waals surface area (Å²) in [6, 6.07) is 0. The van der Waals surface area contributed by atoms with Crippen molar-refractivity contribution in [3.05, 3.63) is 21.9 Å². The van der Waals surface area contributed by atoms with Gasteiger partial charge in [0.15, 0.2) is 5.69 Å². The van der Waals surface area contributed by atoms with E-state index in [9.17, 15) is 13.2 Å². The van der Waals surface area contributed by atoms with Crippen molar-refractivity contribution >= 4 is 28.0 Å². The summed E-state index contributed by atoms with van der Waals surface area (Å²) in [5.41, 5.74) is -0.822. The van der Waals surface area contributed by atoms with Crippen molar-refractivity contribution < 1.29 is 13.2 Å². The quantitative estimate of drug-likeness (QED) is 0.870. The van der Waals surface area contributed by atoms with Crippen molar-refractivity contribution in [1.82, 2.24) is 14.3 Å². The Morgan fingerprint density at radius 3 is 2.67 bits per heavy atom. The molecular formula is C12H15F3N4S2. The fourth-order valence-electron chi connectivity index (χ4n) is 1.61. The lowest BCUT2D eigenvalue weighted by atomic mass is 10.1. The highest BCUT2D eigenvalue weighted by atomic mass is 32.1. The van der Waals surface area contributed by atoms with E-state index in [1.54, 1.807) is 0 Å². The summed E-state index contributed by atoms with van der Waals surface area (Å²) in [6.45, 7) is 4.67. The molecule has 0 saturated carbocycles. The van der Waals surface area contributed by atoms with E-state index in [0.29, 0.717) is 29.0 Å². The number of hydrogen-bond donors (Lipinski definition) is 1. The highest BCUT2D eigenvalue weighted by Gasteiger charge is 2.33. The highest BCUT2D eigenvalue weighted by Crippen LogP contribution is 2.30. The van der Waals surface area contributed by atoms with Gasteiger partial charge >= 0.3 is 6.18 Å². The second-order valence-corrected chi connectivity index (χ2v) is 6.61. The first-order valence-electron chi connectivity index (χ1n) is 6.42. The van der Waals surface area contributed by atoms with Crippen LogP contribution in [0.3, 0.4) is 0 Å². The molecule has 0 amide bonds. The molecule has 0 unspecified atom stereocenters. The van der Waals surface area contributed by atoms with Crippen LogP contribution >= 0.6 is 22.9 Å². The molecule has 2 aromatic heterocycles. The number of halogens is 3. The minimum atomic E-state index is -4.37. The SMILES string of the molecule is CC(C)Cc1nsc(NCCc2nc(C(F)(F)F)cs2)n1. The van der Waals surface area contributed by atoms with Crippen molar-refractivity contribution in [2.45, 2.75) is 32.9 Å². The van der Waals surface area contributed by atoms with Crippen molar-refractivity contribution in [2.24, 2.45) is 5.92 Å². The van der Waals surface area contributed by atoms with Gasteiger partial charge in [-0.25, -0.2) is 9.97 Å². The van der Waals surface area contributed by atoms with E-state index >= 15 is 0 Å². The van der Waals surface area contributed by atoms with E-state index in [1.165, 1.54) is 11.5 Å². The van der Waals surface area contributed by atoms with Crippen molar-refractivity contribution in [2.75, 3.05) is 11.9 Å². The molecule has 0 atom stereocenters. The largest absolute Gasteiger partial charge is 0.434 e. The molecule has 0 aliphatic rings. The van der Waals surface area contributed by atoms with E-state index in [-0.39, 0.29) is 0 Å². The molecule has 0 aromatic carbocycles. The third kappa shape index (κ3) is 4.92. The van der Waals surface area contributed by atoms with Crippen LogP contribution in [0.25, 0.3) is 0 Å². The Balaban J connectivity index is 1.81. The first-order valence-corrected chi connectivity index (χ1v) is 8.08. The standard InChI is InChI=1S/C12H15F3N4S2/c1-7(2)5-9-18-11(21-19-9)16-4-3-10-17-8(6-20-10)12(13,14)15/h6-7H,3-5H2,1-2H3,(H,16,18,19). The van der Waals surface area contributed by atoms with Crippen LogP contribution in [0.15, 0.2) is 5.38 Å². The number of thiazole rings is 1. The van der Waals surface area contributed by atoms with E-state index in [4.69, 9.17) is 0 Å². The average molecular weight is 336 g/mol. The molecule has 21 heavy (non-hydrogen) atoms. The smallest absolute Gasteiger partial charge is 0.360 e. The van der Waals surface area contributed by atoms with Gasteiger partial charge in [-0.1, -0.05) is 13.8 Å². The van der Waals surface area contributed by atoms with Gasteiger partial charge in [0.05, 0.1) is 5.01 Å². The normalized spacial score (nSPS) is 12.1. The Kier molecular flexibility index (Phi) is 5.15. The molecule has 1 N–H and O–H groups in total. The van der Waals surface area contributed by atoms with Crippen molar-refractivity contribution in [1.29, 1.82) is 0 Å². The van der Waals surface area contributed by atoms with Gasteiger partial charge in [0.2, 0.25) is 5.13 Å². The van der Waals surface area contributed by atoms with E-state index in [0.717, 1.165) is 29.0 Å². The molecular weight excluding hydrogens is 321 g/mol. The number of nitrogens with zero attached hydrogens (tertiary/aromatic N) is 3. The second-order valence-electron chi connectivity index (χ2n) is 4.91. The van der Waals surface area contributed by atoms with Gasteiger partial charge < -0.3 is 5.32 Å². The third-order valence-electron chi connectivity index (χ3n) is 2.52. The van der Waals surface area contributed by atoms with Gasteiger partial charge in [0, 0.05) is 36.3 Å². The zero-order valence-electron chi connectivity index (χ0n) is 11.6. The van der Waals surface area contributed by atoms with Gasteiger partial charge in [-0.15, -0.1) is 11.3 Å². The van der Waals surface area contributed by atoms with E-state index in [1.807, 2.05) is 0 Å². The van der Waals surface area contributed by atoms with Crippen LogP contribution in [-0.4, -0.2) is 20.9 Å². The van der Waals surface area contributed by atoms with Crippen LogP contribution in [0.4, 0.5) is 18.3 Å². The predicted molar refractivity (Wildman–Crippen MR) is 77.8 cm³/mol. The van der Waals surface area contributed by atoms with E-state index in [2.05, 4.69) is 33.5 Å². The van der Waals surface area contributed by atoms with Crippen LogP contribution < -0.4 is 5.32 Å². The number of hydrogen-bond acceptors (Lipinski definition) is 6. The van der Waals surface area contributed by atoms with Crippen LogP contribution in [0.1, 0.15) is 30.4 Å². The van der Waals surface area contributed by atoms with Crippen LogP contribution in [-0.2, 0) is 19.0 Å². The topological polar surface area (TPSA) is 50.7 Å². The molecule has 0 fully saturated rings. The minimum Gasteiger partial charge on any atom is -0.360 e. The summed E-state index contributed by atoms with van der Waals surface area (Å²) in [7, 11) is 0. The number of anilines is 1. The zero-order valence-corrected chi connectivity index (χ0v) is 13.2. The summed E-state index contributed by atoms with van der Waals surface area (Å²) in [4.78, 5) is 7.90. The number of aromatic nitrogens is 3. The molecule has 0 spiro atoms. The van der Waals surface area contributed by atoms with Gasteiger partial charge in [-0.05, 0) is 5.92 Å². The van der Waals surface area contributed by atoms with Gasteiger partial charge in [-0.3, -0.25) is 0 Å². The molecule has 9 heteroatoms. The number of alkyl halides is 3. The van der Waals surface area contributed by atoms with Crippen molar-refractivity contribution in [3.8, 4) is 0 Å². The van der Waals surface area contributed by atoms with Gasteiger partial charge in [0.1, 0.15) is 5.82 Å². The Morgan fingerprint density at radius 2 is 2.05 bits per heavy atom. The fourth-order valence-corrected chi connectivity index (χ4v) is 3.03. The van der Waals surface area contributed by atoms with Crippen LogP contribution in [0.2, 0.25) is 0 Å². The summed E-state index contributed by atoms with van der Waals surface area (Å²) in [5, 5.41) is 5.26. The first kappa shape index (κ1) is 16.2. The maximum atomic E-state index is 12.4. The van der Waals surface area contributed by atoms with Crippen LogP contribution in [0.5, 0.6) is 0 Å². The lowest BCUT2D eigenvalue weighted by Gasteiger charge is -2.01. The molecule has 0 radical (unpaired) electrons. The molecule has 2 aromatic rings. The summed E-state index contributed by atoms with van der Waals surface area (Å²) in [6.07, 6.45) is -3.12. The molecule has 2 heterocycles. The average Bonchev–Trinajstić information content (AvgIpc) is 2.97.